The third-order valence-electron chi connectivity index (χ3n) is 3.39. The first-order valence-corrected chi connectivity index (χ1v) is 7.35. The Morgan fingerprint density at radius 3 is 3.00 bits per heavy atom. The predicted molar refractivity (Wildman–Crippen MR) is 76.2 cm³/mol. The Balaban J connectivity index is 1.87. The summed E-state index contributed by atoms with van der Waals surface area (Å²) in [6, 6.07) is 4.03. The van der Waals surface area contributed by atoms with Gasteiger partial charge >= 0.3 is 0 Å². The summed E-state index contributed by atoms with van der Waals surface area (Å²) in [5, 5.41) is 17.4. The Kier molecular flexibility index (Phi) is 4.93. The SMILES string of the molecule is CN(C)[C@H](CNC(=O)[C@H]1C[C@H](O)CN1)c1cccs1. The van der Waals surface area contributed by atoms with E-state index in [-0.39, 0.29) is 18.0 Å². The van der Waals surface area contributed by atoms with Crippen molar-refractivity contribution in [3.05, 3.63) is 22.4 Å². The topological polar surface area (TPSA) is 64.6 Å². The lowest BCUT2D eigenvalue weighted by Gasteiger charge is -2.24. The van der Waals surface area contributed by atoms with Crippen molar-refractivity contribution in [1.29, 1.82) is 0 Å². The molecule has 0 saturated carbocycles. The number of thiophene rings is 1. The van der Waals surface area contributed by atoms with Gasteiger partial charge in [-0.1, -0.05) is 6.07 Å². The van der Waals surface area contributed by atoms with Crippen molar-refractivity contribution in [2.45, 2.75) is 24.6 Å². The van der Waals surface area contributed by atoms with Crippen LogP contribution in [0.15, 0.2) is 17.5 Å². The number of aliphatic hydroxyl groups excluding tert-OH is 1. The van der Waals surface area contributed by atoms with Gasteiger partial charge in [-0.2, -0.15) is 0 Å². The Labute approximate surface area is 117 Å². The zero-order chi connectivity index (χ0) is 13.8. The first-order valence-electron chi connectivity index (χ1n) is 6.47. The molecule has 2 heterocycles. The van der Waals surface area contributed by atoms with Crippen LogP contribution < -0.4 is 10.6 Å². The third kappa shape index (κ3) is 3.76. The molecule has 1 aromatic heterocycles. The molecule has 3 atom stereocenters. The molecule has 5 nitrogen and oxygen atoms in total. The molecule has 1 aliphatic heterocycles. The van der Waals surface area contributed by atoms with Crippen molar-refractivity contribution in [3.8, 4) is 0 Å². The molecule has 0 bridgehead atoms. The van der Waals surface area contributed by atoms with Crippen LogP contribution in [-0.2, 0) is 4.79 Å². The van der Waals surface area contributed by atoms with Crippen LogP contribution in [0.25, 0.3) is 0 Å². The van der Waals surface area contributed by atoms with Gasteiger partial charge in [0, 0.05) is 18.0 Å². The molecule has 1 fully saturated rings. The zero-order valence-corrected chi connectivity index (χ0v) is 12.1. The van der Waals surface area contributed by atoms with Crippen LogP contribution in [0.3, 0.4) is 0 Å². The number of carbonyl (C=O) groups excluding carboxylic acids is 1. The first-order chi connectivity index (χ1) is 9.08. The highest BCUT2D eigenvalue weighted by molar-refractivity contribution is 7.10. The summed E-state index contributed by atoms with van der Waals surface area (Å²) in [6.45, 7) is 1.08. The summed E-state index contributed by atoms with van der Waals surface area (Å²) in [5.41, 5.74) is 0. The summed E-state index contributed by atoms with van der Waals surface area (Å²) in [4.78, 5) is 15.3. The van der Waals surface area contributed by atoms with E-state index in [9.17, 15) is 9.90 Å². The molecule has 0 radical (unpaired) electrons. The van der Waals surface area contributed by atoms with Gasteiger partial charge in [-0.3, -0.25) is 4.79 Å². The number of hydrogen-bond acceptors (Lipinski definition) is 5. The number of amides is 1. The smallest absolute Gasteiger partial charge is 0.237 e. The second kappa shape index (κ2) is 6.47. The quantitative estimate of drug-likeness (QED) is 0.722. The van der Waals surface area contributed by atoms with E-state index in [2.05, 4.69) is 21.6 Å². The van der Waals surface area contributed by atoms with Crippen LogP contribution in [-0.4, -0.2) is 55.2 Å². The average Bonchev–Trinajstić information content (AvgIpc) is 3.00. The minimum atomic E-state index is -0.405. The molecule has 106 valence electrons. The highest BCUT2D eigenvalue weighted by Gasteiger charge is 2.28. The van der Waals surface area contributed by atoms with Crippen molar-refractivity contribution < 1.29 is 9.90 Å². The number of rotatable bonds is 5. The fraction of sp³-hybridized carbons (Fsp3) is 0.615. The first kappa shape index (κ1) is 14.5. The van der Waals surface area contributed by atoms with Gasteiger partial charge in [0.25, 0.3) is 0 Å². The molecule has 2 rings (SSSR count). The van der Waals surface area contributed by atoms with Crippen LogP contribution in [0.2, 0.25) is 0 Å². The lowest BCUT2D eigenvalue weighted by atomic mass is 10.1. The number of β-amino-alcohol motifs (C(OH)–C–C–N with tert-alkyl or cyclic N) is 1. The van der Waals surface area contributed by atoms with Gasteiger partial charge in [-0.15, -0.1) is 11.3 Å². The molecule has 1 aliphatic rings. The summed E-state index contributed by atoms with van der Waals surface area (Å²) >= 11 is 1.70. The Hall–Kier alpha value is -0.950. The van der Waals surface area contributed by atoms with Crippen LogP contribution in [0, 0.1) is 0 Å². The number of hydrogen-bond donors (Lipinski definition) is 3. The second-order valence-electron chi connectivity index (χ2n) is 5.09. The average molecular weight is 283 g/mol. The van der Waals surface area contributed by atoms with E-state index in [1.165, 1.54) is 4.88 Å². The molecule has 3 N–H and O–H groups in total. The maximum Gasteiger partial charge on any atom is 0.237 e. The van der Waals surface area contributed by atoms with Crippen molar-refractivity contribution >= 4 is 17.2 Å². The van der Waals surface area contributed by atoms with Gasteiger partial charge in [0.2, 0.25) is 5.91 Å². The third-order valence-corrected chi connectivity index (χ3v) is 4.36. The molecule has 1 aromatic rings. The van der Waals surface area contributed by atoms with Crippen LogP contribution in [0.5, 0.6) is 0 Å². The molecule has 0 aromatic carbocycles. The summed E-state index contributed by atoms with van der Waals surface area (Å²) in [5.74, 6) is -0.0278. The summed E-state index contributed by atoms with van der Waals surface area (Å²) in [7, 11) is 4.02. The molecular weight excluding hydrogens is 262 g/mol. The van der Waals surface area contributed by atoms with Crippen molar-refractivity contribution in [2.24, 2.45) is 0 Å². The Morgan fingerprint density at radius 1 is 1.68 bits per heavy atom. The van der Waals surface area contributed by atoms with E-state index in [0.29, 0.717) is 19.5 Å². The van der Waals surface area contributed by atoms with E-state index >= 15 is 0 Å². The van der Waals surface area contributed by atoms with Crippen LogP contribution >= 0.6 is 11.3 Å². The molecule has 19 heavy (non-hydrogen) atoms. The fourth-order valence-electron chi connectivity index (χ4n) is 2.26. The highest BCUT2D eigenvalue weighted by atomic mass is 32.1. The van der Waals surface area contributed by atoms with E-state index in [0.717, 1.165) is 0 Å². The van der Waals surface area contributed by atoms with E-state index in [1.54, 1.807) is 11.3 Å². The van der Waals surface area contributed by atoms with Gasteiger partial charge in [0.1, 0.15) is 0 Å². The minimum absolute atomic E-state index is 0.0278. The fourth-order valence-corrected chi connectivity index (χ4v) is 3.18. The molecule has 0 aliphatic carbocycles. The van der Waals surface area contributed by atoms with Crippen LogP contribution in [0.1, 0.15) is 17.3 Å². The summed E-state index contributed by atoms with van der Waals surface area (Å²) < 4.78 is 0. The van der Waals surface area contributed by atoms with Crippen LogP contribution in [0.4, 0.5) is 0 Å². The maximum atomic E-state index is 12.0. The van der Waals surface area contributed by atoms with Gasteiger partial charge in [-0.05, 0) is 32.0 Å². The summed E-state index contributed by atoms with van der Waals surface area (Å²) in [6.07, 6.45) is 0.0926. The monoisotopic (exact) mass is 283 g/mol. The number of nitrogens with zero attached hydrogens (tertiary/aromatic N) is 1. The normalized spacial score (nSPS) is 24.6. The largest absolute Gasteiger partial charge is 0.392 e. The predicted octanol–water partition coefficient (Wildman–Crippen LogP) is 0.190. The van der Waals surface area contributed by atoms with E-state index < -0.39 is 6.10 Å². The molecule has 1 amide bonds. The van der Waals surface area contributed by atoms with Crippen molar-refractivity contribution in [1.82, 2.24) is 15.5 Å². The second-order valence-corrected chi connectivity index (χ2v) is 6.07. The molecule has 1 saturated heterocycles. The molecule has 0 spiro atoms. The van der Waals surface area contributed by atoms with E-state index in [4.69, 9.17) is 0 Å². The van der Waals surface area contributed by atoms with Gasteiger partial charge in [-0.25, -0.2) is 0 Å². The minimum Gasteiger partial charge on any atom is -0.392 e. The molecular formula is C13H21N3O2S. The van der Waals surface area contributed by atoms with Crippen molar-refractivity contribution in [2.75, 3.05) is 27.2 Å². The standard InChI is InChI=1S/C13H21N3O2S/c1-16(2)11(12-4-3-5-19-12)8-15-13(18)10-6-9(17)7-14-10/h3-5,9-11,14,17H,6-8H2,1-2H3,(H,15,18)/t9-,10+,11+/m0/s1. The Morgan fingerprint density at radius 2 is 2.47 bits per heavy atom. The lowest BCUT2D eigenvalue weighted by Crippen LogP contribution is -2.43. The van der Waals surface area contributed by atoms with Crippen molar-refractivity contribution in [3.63, 3.8) is 0 Å². The van der Waals surface area contributed by atoms with Gasteiger partial charge in [0.15, 0.2) is 0 Å². The molecule has 6 heteroatoms. The Bertz CT molecular complexity index is 408. The maximum absolute atomic E-state index is 12.0. The van der Waals surface area contributed by atoms with Gasteiger partial charge < -0.3 is 20.6 Å². The highest BCUT2D eigenvalue weighted by Crippen LogP contribution is 2.22. The van der Waals surface area contributed by atoms with E-state index in [1.807, 2.05) is 25.5 Å². The number of aliphatic hydroxyl groups is 1. The van der Waals surface area contributed by atoms with Gasteiger partial charge in [0.05, 0.1) is 18.2 Å². The zero-order valence-electron chi connectivity index (χ0n) is 11.3. The number of nitrogens with one attached hydrogen (secondary N) is 2. The molecule has 0 unspecified atom stereocenters. The lowest BCUT2D eigenvalue weighted by molar-refractivity contribution is -0.123. The number of likely N-dealkylation sites (N-methyl/N-ethyl adjacent to an activating group) is 1. The number of carbonyl (C=O) groups is 1.